The van der Waals surface area contributed by atoms with Gasteiger partial charge in [-0.2, -0.15) is 4.31 Å². The van der Waals surface area contributed by atoms with Gasteiger partial charge in [-0.25, -0.2) is 8.42 Å². The number of ether oxygens (including phenoxy) is 2. The maximum atomic E-state index is 12.7. The van der Waals surface area contributed by atoms with Crippen LogP contribution in [0.4, 0.5) is 0 Å². The van der Waals surface area contributed by atoms with Gasteiger partial charge in [-0.3, -0.25) is 0 Å². The van der Waals surface area contributed by atoms with Crippen LogP contribution in [-0.4, -0.2) is 44.2 Å². The summed E-state index contributed by atoms with van der Waals surface area (Å²) in [5.41, 5.74) is 0.634. The second-order valence-corrected chi connectivity index (χ2v) is 8.75. The van der Waals surface area contributed by atoms with E-state index in [0.717, 1.165) is 8.78 Å². The summed E-state index contributed by atoms with van der Waals surface area (Å²) in [6.07, 6.45) is 0. The van der Waals surface area contributed by atoms with Gasteiger partial charge in [0.05, 0.1) is 25.7 Å². The molecule has 8 nitrogen and oxygen atoms in total. The first kappa shape index (κ1) is 20.3. The molecule has 0 atom stereocenters. The Morgan fingerprint density at radius 2 is 1.71 bits per heavy atom. The molecule has 0 saturated heterocycles. The van der Waals surface area contributed by atoms with Crippen molar-refractivity contribution in [2.45, 2.75) is 11.4 Å². The van der Waals surface area contributed by atoms with Crippen LogP contribution in [0.2, 0.25) is 0 Å². The topological polar surface area (TPSA) is 94.8 Å². The number of hydrogen-bond donors (Lipinski definition) is 0. The van der Waals surface area contributed by atoms with Crippen LogP contribution in [0.5, 0.6) is 11.5 Å². The zero-order valence-electron chi connectivity index (χ0n) is 15.4. The number of rotatable bonds is 7. The molecule has 0 amide bonds. The predicted octanol–water partition coefficient (Wildman–Crippen LogP) is 3.34. The summed E-state index contributed by atoms with van der Waals surface area (Å²) >= 11 is 3.29. The Hall–Kier alpha value is -2.43. The van der Waals surface area contributed by atoms with Crippen LogP contribution in [-0.2, 0) is 16.6 Å². The zero-order chi connectivity index (χ0) is 20.3. The predicted molar refractivity (Wildman–Crippen MR) is 106 cm³/mol. The van der Waals surface area contributed by atoms with Gasteiger partial charge < -0.3 is 13.9 Å². The van der Waals surface area contributed by atoms with Crippen molar-refractivity contribution in [1.82, 2.24) is 14.5 Å². The largest absolute Gasteiger partial charge is 0.493 e. The van der Waals surface area contributed by atoms with Crippen molar-refractivity contribution >= 4 is 26.0 Å². The fourth-order valence-electron chi connectivity index (χ4n) is 2.47. The lowest BCUT2D eigenvalue weighted by Gasteiger charge is -2.15. The third kappa shape index (κ3) is 4.18. The molecule has 0 aliphatic carbocycles. The van der Waals surface area contributed by atoms with E-state index >= 15 is 0 Å². The van der Waals surface area contributed by atoms with Crippen molar-refractivity contribution in [3.05, 3.63) is 52.8 Å². The first-order chi connectivity index (χ1) is 13.3. The highest BCUT2D eigenvalue weighted by atomic mass is 79.9. The van der Waals surface area contributed by atoms with Crippen molar-refractivity contribution in [3.63, 3.8) is 0 Å². The van der Waals surface area contributed by atoms with Gasteiger partial charge in [0.25, 0.3) is 0 Å². The Morgan fingerprint density at radius 1 is 1.04 bits per heavy atom. The summed E-state index contributed by atoms with van der Waals surface area (Å²) < 4.78 is 43.4. The van der Waals surface area contributed by atoms with Crippen molar-refractivity contribution in [2.75, 3.05) is 21.3 Å². The molecule has 28 heavy (non-hydrogen) atoms. The second kappa shape index (κ2) is 8.29. The summed E-state index contributed by atoms with van der Waals surface area (Å²) in [5.74, 6) is 1.53. The Morgan fingerprint density at radius 3 is 2.36 bits per heavy atom. The molecule has 0 spiro atoms. The van der Waals surface area contributed by atoms with Crippen molar-refractivity contribution in [3.8, 4) is 23.0 Å². The number of benzene rings is 2. The van der Waals surface area contributed by atoms with E-state index in [1.807, 2.05) is 0 Å². The quantitative estimate of drug-likeness (QED) is 0.525. The lowest BCUT2D eigenvalue weighted by Crippen LogP contribution is -2.26. The number of hydrogen-bond acceptors (Lipinski definition) is 7. The number of methoxy groups -OCH3 is 2. The smallest absolute Gasteiger partial charge is 0.247 e. The fraction of sp³-hybridized carbons (Fsp3) is 0.222. The first-order valence-electron chi connectivity index (χ1n) is 8.12. The zero-order valence-corrected chi connectivity index (χ0v) is 17.8. The lowest BCUT2D eigenvalue weighted by atomic mass is 10.2. The Balaban J connectivity index is 1.80. The normalized spacial score (nSPS) is 11.6. The summed E-state index contributed by atoms with van der Waals surface area (Å²) in [6.45, 7) is -0.0569. The van der Waals surface area contributed by atoms with E-state index < -0.39 is 10.0 Å². The highest BCUT2D eigenvalue weighted by Crippen LogP contribution is 2.32. The van der Waals surface area contributed by atoms with Gasteiger partial charge in [-0.05, 0) is 42.5 Å². The molecule has 0 saturated carbocycles. The molecule has 0 radical (unpaired) electrons. The Labute approximate surface area is 171 Å². The highest BCUT2D eigenvalue weighted by Gasteiger charge is 2.23. The van der Waals surface area contributed by atoms with E-state index in [2.05, 4.69) is 26.1 Å². The Bertz CT molecular complexity index is 1070. The summed E-state index contributed by atoms with van der Waals surface area (Å²) in [7, 11) is 0.851. The van der Waals surface area contributed by atoms with E-state index in [4.69, 9.17) is 13.9 Å². The maximum absolute atomic E-state index is 12.7. The standard InChI is InChI=1S/C18H18BrN3O5S/c1-22(28(23,24)14-7-5-13(19)6-8-14)11-17-20-21-18(27-17)12-4-9-15(25-2)16(10-12)26-3/h4-10H,11H2,1-3H3. The molecule has 0 unspecified atom stereocenters. The number of aromatic nitrogens is 2. The van der Waals surface area contributed by atoms with Crippen LogP contribution in [0.3, 0.4) is 0 Å². The van der Waals surface area contributed by atoms with Gasteiger partial charge in [0.2, 0.25) is 21.8 Å². The van der Waals surface area contributed by atoms with Crippen LogP contribution in [0.15, 0.2) is 56.2 Å². The van der Waals surface area contributed by atoms with E-state index in [9.17, 15) is 8.42 Å². The van der Waals surface area contributed by atoms with Crippen molar-refractivity contribution < 1.29 is 22.3 Å². The number of sulfonamides is 1. The monoisotopic (exact) mass is 467 g/mol. The molecular weight excluding hydrogens is 450 g/mol. The summed E-state index contributed by atoms with van der Waals surface area (Å²) in [4.78, 5) is 0.179. The van der Waals surface area contributed by atoms with Crippen LogP contribution < -0.4 is 9.47 Å². The molecular formula is C18H18BrN3O5S. The second-order valence-electron chi connectivity index (χ2n) is 5.79. The molecule has 0 aliphatic heterocycles. The molecule has 148 valence electrons. The molecule has 2 aromatic carbocycles. The van der Waals surface area contributed by atoms with Crippen molar-refractivity contribution in [1.29, 1.82) is 0 Å². The van der Waals surface area contributed by atoms with E-state index in [-0.39, 0.29) is 23.2 Å². The SMILES string of the molecule is COc1ccc(-c2nnc(CN(C)S(=O)(=O)c3ccc(Br)cc3)o2)cc1OC. The molecule has 0 aliphatic rings. The van der Waals surface area contributed by atoms with Gasteiger partial charge >= 0.3 is 0 Å². The van der Waals surface area contributed by atoms with E-state index in [1.165, 1.54) is 26.3 Å². The fourth-order valence-corrected chi connectivity index (χ4v) is 3.85. The molecule has 0 fully saturated rings. The van der Waals surface area contributed by atoms with E-state index in [0.29, 0.717) is 17.1 Å². The minimum atomic E-state index is -3.68. The third-order valence-electron chi connectivity index (χ3n) is 3.98. The van der Waals surface area contributed by atoms with Crippen LogP contribution in [0.1, 0.15) is 5.89 Å². The molecule has 3 rings (SSSR count). The number of halogens is 1. The summed E-state index contributed by atoms with van der Waals surface area (Å²) in [6, 6.07) is 11.6. The molecule has 1 heterocycles. The molecule has 3 aromatic rings. The number of nitrogens with zero attached hydrogens (tertiary/aromatic N) is 3. The van der Waals surface area contributed by atoms with Crippen LogP contribution in [0.25, 0.3) is 11.5 Å². The minimum Gasteiger partial charge on any atom is -0.493 e. The van der Waals surface area contributed by atoms with Crippen molar-refractivity contribution in [2.24, 2.45) is 0 Å². The van der Waals surface area contributed by atoms with Gasteiger partial charge in [0, 0.05) is 17.1 Å². The average Bonchev–Trinajstić information content (AvgIpc) is 3.16. The molecule has 10 heteroatoms. The van der Waals surface area contributed by atoms with Gasteiger partial charge in [0.1, 0.15) is 0 Å². The maximum Gasteiger partial charge on any atom is 0.247 e. The Kier molecular flexibility index (Phi) is 6.01. The van der Waals surface area contributed by atoms with Crippen LogP contribution >= 0.6 is 15.9 Å². The lowest BCUT2D eigenvalue weighted by molar-refractivity contribution is 0.355. The molecule has 1 aromatic heterocycles. The molecule has 0 bridgehead atoms. The van der Waals surface area contributed by atoms with Gasteiger partial charge in [0.15, 0.2) is 11.5 Å². The van der Waals surface area contributed by atoms with E-state index in [1.54, 1.807) is 37.4 Å². The van der Waals surface area contributed by atoms with Crippen LogP contribution in [0, 0.1) is 0 Å². The average molecular weight is 468 g/mol. The van der Waals surface area contributed by atoms with Gasteiger partial charge in [-0.1, -0.05) is 15.9 Å². The molecule has 0 N–H and O–H groups in total. The first-order valence-corrected chi connectivity index (χ1v) is 10.3. The summed E-state index contributed by atoms with van der Waals surface area (Å²) in [5, 5.41) is 7.95. The van der Waals surface area contributed by atoms with Gasteiger partial charge in [-0.15, -0.1) is 10.2 Å². The third-order valence-corrected chi connectivity index (χ3v) is 6.32. The minimum absolute atomic E-state index is 0.0569. The highest BCUT2D eigenvalue weighted by molar-refractivity contribution is 9.10.